The molecule has 0 aromatic heterocycles. The van der Waals surface area contributed by atoms with Crippen molar-refractivity contribution in [1.29, 1.82) is 0 Å². The van der Waals surface area contributed by atoms with Gasteiger partial charge in [0.05, 0.1) is 6.21 Å². The molecular weight excluding hydrogens is 244 g/mol. The van der Waals surface area contributed by atoms with E-state index in [0.29, 0.717) is 12.0 Å². The van der Waals surface area contributed by atoms with Gasteiger partial charge in [-0.15, -0.1) is 0 Å². The number of aromatic hydroxyl groups is 2. The van der Waals surface area contributed by atoms with Gasteiger partial charge in [-0.2, -0.15) is 5.10 Å². The summed E-state index contributed by atoms with van der Waals surface area (Å²) in [5.74, 6) is -0.512. The minimum Gasteiger partial charge on any atom is -0.504 e. The summed E-state index contributed by atoms with van der Waals surface area (Å²) in [4.78, 5) is 11.4. The minimum atomic E-state index is -0.213. The van der Waals surface area contributed by atoms with Crippen molar-refractivity contribution < 1.29 is 15.0 Å². The number of nitrogens with zero attached hydrogens (tertiary/aromatic N) is 1. The van der Waals surface area contributed by atoms with Crippen LogP contribution in [-0.2, 0) is 4.79 Å². The lowest BCUT2D eigenvalue weighted by molar-refractivity contribution is -0.121. The van der Waals surface area contributed by atoms with Gasteiger partial charge in [0.2, 0.25) is 5.91 Å². The van der Waals surface area contributed by atoms with Crippen LogP contribution in [0.2, 0.25) is 0 Å². The zero-order valence-electron chi connectivity index (χ0n) is 11.1. The second-order valence-electron chi connectivity index (χ2n) is 4.35. The fourth-order valence-corrected chi connectivity index (χ4v) is 1.57. The molecule has 1 aromatic carbocycles. The highest BCUT2D eigenvalue weighted by Crippen LogP contribution is 2.23. The van der Waals surface area contributed by atoms with E-state index in [0.717, 1.165) is 25.7 Å². The quantitative estimate of drug-likeness (QED) is 0.306. The Balaban J connectivity index is 2.32. The van der Waals surface area contributed by atoms with Crippen LogP contribution in [0.4, 0.5) is 0 Å². The van der Waals surface area contributed by atoms with Crippen molar-refractivity contribution in [3.63, 3.8) is 0 Å². The van der Waals surface area contributed by atoms with Gasteiger partial charge in [-0.25, -0.2) is 5.43 Å². The molecule has 0 radical (unpaired) electrons. The Labute approximate surface area is 113 Å². The summed E-state index contributed by atoms with van der Waals surface area (Å²) in [6.45, 7) is 2.12. The molecule has 0 bridgehead atoms. The van der Waals surface area contributed by atoms with Crippen LogP contribution in [0.3, 0.4) is 0 Å². The smallest absolute Gasteiger partial charge is 0.240 e. The standard InChI is InChI=1S/C14H20N2O3/c1-2-3-4-5-6-14(19)16-15-10-11-7-8-12(17)13(18)9-11/h7-10,17-18H,2-6H2,1H3,(H,16,19)/b15-10+. The normalized spacial score (nSPS) is 10.8. The van der Waals surface area contributed by atoms with E-state index < -0.39 is 0 Å². The Morgan fingerprint density at radius 3 is 2.74 bits per heavy atom. The number of hydrogen-bond donors (Lipinski definition) is 3. The van der Waals surface area contributed by atoms with Crippen molar-refractivity contribution >= 4 is 12.1 Å². The number of nitrogens with one attached hydrogen (secondary N) is 1. The Bertz CT molecular complexity index is 444. The highest BCUT2D eigenvalue weighted by Gasteiger charge is 2.00. The van der Waals surface area contributed by atoms with E-state index in [-0.39, 0.29) is 17.4 Å². The van der Waals surface area contributed by atoms with Gasteiger partial charge in [0.25, 0.3) is 0 Å². The molecule has 0 atom stereocenters. The fourth-order valence-electron chi connectivity index (χ4n) is 1.57. The van der Waals surface area contributed by atoms with Gasteiger partial charge >= 0.3 is 0 Å². The summed E-state index contributed by atoms with van der Waals surface area (Å²) in [7, 11) is 0. The number of unbranched alkanes of at least 4 members (excludes halogenated alkanes) is 3. The van der Waals surface area contributed by atoms with Crippen LogP contribution < -0.4 is 5.43 Å². The number of benzene rings is 1. The lowest BCUT2D eigenvalue weighted by Crippen LogP contribution is -2.16. The predicted octanol–water partition coefficient (Wildman–Crippen LogP) is 2.52. The summed E-state index contributed by atoms with van der Waals surface area (Å²) in [6.07, 6.45) is 6.10. The van der Waals surface area contributed by atoms with E-state index in [1.54, 1.807) is 6.07 Å². The first kappa shape index (κ1) is 15.0. The SMILES string of the molecule is CCCCCCC(=O)N/N=C/c1ccc(O)c(O)c1. The molecule has 0 heterocycles. The second kappa shape index (κ2) is 8.13. The van der Waals surface area contributed by atoms with Crippen molar-refractivity contribution in [2.45, 2.75) is 39.0 Å². The first-order valence-corrected chi connectivity index (χ1v) is 6.47. The van der Waals surface area contributed by atoms with Crippen LogP contribution >= 0.6 is 0 Å². The largest absolute Gasteiger partial charge is 0.504 e. The molecule has 0 unspecified atom stereocenters. The average Bonchev–Trinajstić information content (AvgIpc) is 2.39. The molecule has 104 valence electrons. The lowest BCUT2D eigenvalue weighted by atomic mass is 10.1. The van der Waals surface area contributed by atoms with E-state index in [4.69, 9.17) is 5.11 Å². The maximum Gasteiger partial charge on any atom is 0.240 e. The molecule has 5 heteroatoms. The summed E-state index contributed by atoms with van der Waals surface area (Å²) in [6, 6.07) is 4.32. The topological polar surface area (TPSA) is 81.9 Å². The third-order valence-electron chi connectivity index (χ3n) is 2.66. The molecule has 1 amide bonds. The van der Waals surface area contributed by atoms with E-state index in [1.807, 2.05) is 0 Å². The molecule has 0 saturated heterocycles. The monoisotopic (exact) mass is 264 g/mol. The van der Waals surface area contributed by atoms with Gasteiger partial charge in [0.15, 0.2) is 11.5 Å². The van der Waals surface area contributed by atoms with Crippen LogP contribution in [0, 0.1) is 0 Å². The van der Waals surface area contributed by atoms with Gasteiger partial charge < -0.3 is 10.2 Å². The molecule has 0 spiro atoms. The maximum absolute atomic E-state index is 11.4. The average molecular weight is 264 g/mol. The lowest BCUT2D eigenvalue weighted by Gasteiger charge is -2.00. The molecular formula is C14H20N2O3. The van der Waals surface area contributed by atoms with E-state index in [1.165, 1.54) is 18.3 Å². The number of hydrogen-bond acceptors (Lipinski definition) is 4. The highest BCUT2D eigenvalue weighted by molar-refractivity contribution is 5.83. The van der Waals surface area contributed by atoms with Gasteiger partial charge in [0.1, 0.15) is 0 Å². The minimum absolute atomic E-state index is 0.115. The molecule has 5 nitrogen and oxygen atoms in total. The maximum atomic E-state index is 11.4. The van der Waals surface area contributed by atoms with Crippen LogP contribution in [-0.4, -0.2) is 22.3 Å². The third-order valence-corrected chi connectivity index (χ3v) is 2.66. The molecule has 0 saturated carbocycles. The fraction of sp³-hybridized carbons (Fsp3) is 0.429. The zero-order valence-corrected chi connectivity index (χ0v) is 11.1. The van der Waals surface area contributed by atoms with Crippen molar-refractivity contribution in [2.24, 2.45) is 5.10 Å². The van der Waals surface area contributed by atoms with Crippen LogP contribution in [0.25, 0.3) is 0 Å². The molecule has 0 aliphatic carbocycles. The first-order valence-electron chi connectivity index (χ1n) is 6.47. The van der Waals surface area contributed by atoms with Crippen LogP contribution in [0.5, 0.6) is 11.5 Å². The molecule has 3 N–H and O–H groups in total. The van der Waals surface area contributed by atoms with Gasteiger partial charge in [-0.3, -0.25) is 4.79 Å². The Morgan fingerprint density at radius 1 is 1.26 bits per heavy atom. The molecule has 1 aromatic rings. The number of hydrazone groups is 1. The number of carbonyl (C=O) groups is 1. The van der Waals surface area contributed by atoms with Crippen molar-refractivity contribution in [1.82, 2.24) is 5.43 Å². The number of carbonyl (C=O) groups excluding carboxylic acids is 1. The first-order chi connectivity index (χ1) is 9.13. The number of phenolic OH excluding ortho intramolecular Hbond substituents is 2. The Morgan fingerprint density at radius 2 is 2.05 bits per heavy atom. The molecule has 0 aliphatic heterocycles. The van der Waals surface area contributed by atoms with Crippen LogP contribution in [0.1, 0.15) is 44.6 Å². The molecule has 1 rings (SSSR count). The second-order valence-corrected chi connectivity index (χ2v) is 4.35. The molecule has 19 heavy (non-hydrogen) atoms. The van der Waals surface area contributed by atoms with Crippen molar-refractivity contribution in [3.8, 4) is 11.5 Å². The van der Waals surface area contributed by atoms with E-state index >= 15 is 0 Å². The third kappa shape index (κ3) is 5.90. The summed E-state index contributed by atoms with van der Waals surface area (Å²) < 4.78 is 0. The van der Waals surface area contributed by atoms with Gasteiger partial charge in [-0.1, -0.05) is 26.2 Å². The molecule has 0 aliphatic rings. The number of phenols is 2. The van der Waals surface area contributed by atoms with Gasteiger partial charge in [0, 0.05) is 6.42 Å². The van der Waals surface area contributed by atoms with Crippen molar-refractivity contribution in [3.05, 3.63) is 23.8 Å². The Kier molecular flexibility index (Phi) is 6.43. The molecule has 0 fully saturated rings. The summed E-state index contributed by atoms with van der Waals surface area (Å²) >= 11 is 0. The summed E-state index contributed by atoms with van der Waals surface area (Å²) in [5, 5.41) is 22.2. The van der Waals surface area contributed by atoms with E-state index in [9.17, 15) is 9.90 Å². The van der Waals surface area contributed by atoms with Crippen LogP contribution in [0.15, 0.2) is 23.3 Å². The van der Waals surface area contributed by atoms with Gasteiger partial charge in [-0.05, 0) is 30.2 Å². The Hall–Kier alpha value is -2.04. The van der Waals surface area contributed by atoms with E-state index in [2.05, 4.69) is 17.5 Å². The number of rotatable bonds is 7. The zero-order chi connectivity index (χ0) is 14.1. The predicted molar refractivity (Wildman–Crippen MR) is 74.3 cm³/mol. The van der Waals surface area contributed by atoms with Crippen molar-refractivity contribution in [2.75, 3.05) is 0 Å². The number of amides is 1. The highest BCUT2D eigenvalue weighted by atomic mass is 16.3. The summed E-state index contributed by atoms with van der Waals surface area (Å²) in [5.41, 5.74) is 3.03.